The fourth-order valence-corrected chi connectivity index (χ4v) is 4.89. The molecule has 1 aliphatic heterocycles. The van der Waals surface area contributed by atoms with Gasteiger partial charge in [-0.25, -0.2) is 17.9 Å². The Labute approximate surface area is 214 Å². The van der Waals surface area contributed by atoms with Crippen LogP contribution in [0.1, 0.15) is 23.5 Å². The van der Waals surface area contributed by atoms with Gasteiger partial charge >= 0.3 is 0 Å². The topological polar surface area (TPSA) is 118 Å². The van der Waals surface area contributed by atoms with Crippen LogP contribution in [0.25, 0.3) is 16.7 Å². The lowest BCUT2D eigenvalue weighted by Gasteiger charge is -2.42. The van der Waals surface area contributed by atoms with Crippen LogP contribution in [0.2, 0.25) is 5.02 Å². The quantitative estimate of drug-likeness (QED) is 0.458. The molecule has 0 spiro atoms. The van der Waals surface area contributed by atoms with Crippen LogP contribution in [-0.4, -0.2) is 77.4 Å². The van der Waals surface area contributed by atoms with Crippen molar-refractivity contribution in [1.29, 1.82) is 0 Å². The molecule has 3 unspecified atom stereocenters. The fourth-order valence-electron chi connectivity index (χ4n) is 4.70. The Balaban J connectivity index is 1.52. The molecular formula is C24H23ClF3N5O4. The Morgan fingerprint density at radius 1 is 1.19 bits per heavy atom. The normalized spacial score (nSPS) is 30.2. The zero-order chi connectivity index (χ0) is 26.4. The van der Waals surface area contributed by atoms with E-state index in [4.69, 9.17) is 16.3 Å². The zero-order valence-electron chi connectivity index (χ0n) is 19.4. The number of aromatic nitrogens is 5. The van der Waals surface area contributed by atoms with Crippen molar-refractivity contribution >= 4 is 17.2 Å². The molecule has 1 saturated heterocycles. The summed E-state index contributed by atoms with van der Waals surface area (Å²) in [4.78, 5) is 0. The second-order valence-electron chi connectivity index (χ2n) is 8.91. The van der Waals surface area contributed by atoms with Gasteiger partial charge in [0.1, 0.15) is 42.0 Å². The van der Waals surface area contributed by atoms with Crippen molar-refractivity contribution in [3.8, 4) is 11.1 Å². The third-order valence-corrected chi connectivity index (χ3v) is 6.80. The van der Waals surface area contributed by atoms with Crippen LogP contribution in [0.5, 0.6) is 0 Å². The van der Waals surface area contributed by atoms with Crippen molar-refractivity contribution in [2.75, 3.05) is 6.61 Å². The number of hydrogen-bond acceptors (Lipinski definition) is 7. The van der Waals surface area contributed by atoms with Crippen LogP contribution in [0.3, 0.4) is 0 Å². The Kier molecular flexibility index (Phi) is 6.94. The van der Waals surface area contributed by atoms with Gasteiger partial charge in [0.2, 0.25) is 0 Å². The second-order valence-corrected chi connectivity index (χ2v) is 9.34. The van der Waals surface area contributed by atoms with Crippen molar-refractivity contribution < 1.29 is 33.2 Å². The number of aliphatic hydroxyl groups is 3. The van der Waals surface area contributed by atoms with Crippen LogP contribution >= 0.6 is 11.6 Å². The molecule has 3 N–H and O–H groups in total. The SMILES string of the molecule is Cn1ncc(-c2cccc(Cl)c2)c1[C@@H]1O[C@H](CO)C(O)[C@H](n2cc(C3=CC(F)C(F)C(F)=C3)nn2)[C@H]1O. The average Bonchev–Trinajstić information content (AvgIpc) is 3.50. The third kappa shape index (κ3) is 4.59. The minimum absolute atomic E-state index is 0.00726. The predicted octanol–water partition coefficient (Wildman–Crippen LogP) is 2.65. The highest BCUT2D eigenvalue weighted by atomic mass is 35.5. The summed E-state index contributed by atoms with van der Waals surface area (Å²) in [7, 11) is 1.66. The van der Waals surface area contributed by atoms with Crippen LogP contribution < -0.4 is 0 Å². The van der Waals surface area contributed by atoms with Crippen LogP contribution in [0.15, 0.2) is 54.6 Å². The number of ether oxygens (including phenoxy) is 1. The number of rotatable bonds is 5. The maximum atomic E-state index is 13.9. The molecule has 2 aliphatic rings. The molecule has 0 amide bonds. The highest BCUT2D eigenvalue weighted by Gasteiger charge is 2.48. The van der Waals surface area contributed by atoms with E-state index in [1.54, 1.807) is 31.4 Å². The maximum absolute atomic E-state index is 13.9. The van der Waals surface area contributed by atoms with Crippen molar-refractivity contribution in [3.05, 3.63) is 71.0 Å². The number of hydrogen-bond donors (Lipinski definition) is 3. The van der Waals surface area contributed by atoms with Gasteiger partial charge in [-0.3, -0.25) is 4.68 Å². The summed E-state index contributed by atoms with van der Waals surface area (Å²) in [6, 6.07) is 5.84. The van der Waals surface area contributed by atoms with E-state index in [9.17, 15) is 28.5 Å². The van der Waals surface area contributed by atoms with E-state index >= 15 is 0 Å². The first-order valence-electron chi connectivity index (χ1n) is 11.4. The molecule has 1 aliphatic carbocycles. The predicted molar refractivity (Wildman–Crippen MR) is 126 cm³/mol. The number of aryl methyl sites for hydroxylation is 1. The average molecular weight is 538 g/mol. The molecule has 0 bridgehead atoms. The zero-order valence-corrected chi connectivity index (χ0v) is 20.1. The van der Waals surface area contributed by atoms with Crippen LogP contribution in [0.4, 0.5) is 13.2 Å². The Morgan fingerprint density at radius 2 is 1.97 bits per heavy atom. The molecule has 3 aromatic rings. The number of alkyl halides is 2. The van der Waals surface area contributed by atoms with E-state index in [1.807, 2.05) is 6.07 Å². The summed E-state index contributed by atoms with van der Waals surface area (Å²) in [5.41, 5.74) is 1.75. The lowest BCUT2D eigenvalue weighted by atomic mass is 9.89. The summed E-state index contributed by atoms with van der Waals surface area (Å²) in [5.74, 6) is -1.28. The lowest BCUT2D eigenvalue weighted by Crippen LogP contribution is -2.53. The third-order valence-electron chi connectivity index (χ3n) is 6.57. The minimum atomic E-state index is -2.39. The van der Waals surface area contributed by atoms with Gasteiger partial charge in [0, 0.05) is 23.2 Å². The standard InChI is InChI=1S/C24H23ClF3N5O4/c1-32-20(14(8-29-32)11-3-2-4-13(25)5-11)24-23(36)21(22(35)18(10-34)37-24)33-9-17(30-31-33)12-6-15(26)19(28)16(27)7-12/h2-9,15,18-19,21-24,34-36H,10H2,1H3/t15?,18-,19?,21+,22?,23-,24+/m1/s1. The Hall–Kier alpha value is -3.03. The first kappa shape index (κ1) is 25.6. The van der Waals surface area contributed by atoms with Gasteiger partial charge in [-0.15, -0.1) is 5.10 Å². The van der Waals surface area contributed by atoms with Gasteiger partial charge in [-0.05, 0) is 29.8 Å². The maximum Gasteiger partial charge on any atom is 0.186 e. The molecule has 1 fully saturated rings. The van der Waals surface area contributed by atoms with Crippen molar-refractivity contribution in [2.24, 2.45) is 7.05 Å². The molecular weight excluding hydrogens is 515 g/mol. The highest BCUT2D eigenvalue weighted by molar-refractivity contribution is 6.30. The van der Waals surface area contributed by atoms with Gasteiger partial charge < -0.3 is 20.1 Å². The molecule has 9 nitrogen and oxygen atoms in total. The summed E-state index contributed by atoms with van der Waals surface area (Å²) < 4.78 is 49.7. The van der Waals surface area contributed by atoms with E-state index < -0.39 is 55.2 Å². The van der Waals surface area contributed by atoms with E-state index in [0.717, 1.165) is 16.8 Å². The Bertz CT molecular complexity index is 1360. The number of allylic oxidation sites excluding steroid dienone is 4. The molecule has 0 saturated carbocycles. The summed E-state index contributed by atoms with van der Waals surface area (Å²) in [5, 5.41) is 44.9. The molecule has 13 heteroatoms. The first-order chi connectivity index (χ1) is 17.7. The molecule has 7 atom stereocenters. The minimum Gasteiger partial charge on any atom is -0.394 e. The van der Waals surface area contributed by atoms with E-state index in [1.165, 1.54) is 10.9 Å². The van der Waals surface area contributed by atoms with Gasteiger partial charge in [0.25, 0.3) is 0 Å². The number of aliphatic hydroxyl groups excluding tert-OH is 3. The number of benzene rings is 1. The van der Waals surface area contributed by atoms with E-state index in [0.29, 0.717) is 21.8 Å². The first-order valence-corrected chi connectivity index (χ1v) is 11.8. The van der Waals surface area contributed by atoms with Crippen LogP contribution in [-0.2, 0) is 11.8 Å². The van der Waals surface area contributed by atoms with Gasteiger partial charge in [-0.2, -0.15) is 5.10 Å². The van der Waals surface area contributed by atoms with E-state index in [2.05, 4.69) is 15.4 Å². The van der Waals surface area contributed by atoms with Gasteiger partial charge in [0.15, 0.2) is 12.3 Å². The van der Waals surface area contributed by atoms with Gasteiger partial charge in [-0.1, -0.05) is 28.9 Å². The Morgan fingerprint density at radius 3 is 2.68 bits per heavy atom. The smallest absolute Gasteiger partial charge is 0.186 e. The molecule has 1 aromatic carbocycles. The highest BCUT2D eigenvalue weighted by Crippen LogP contribution is 2.42. The van der Waals surface area contributed by atoms with Crippen molar-refractivity contribution in [1.82, 2.24) is 24.8 Å². The van der Waals surface area contributed by atoms with Crippen LogP contribution in [0, 0.1) is 0 Å². The molecule has 37 heavy (non-hydrogen) atoms. The van der Waals surface area contributed by atoms with Gasteiger partial charge in [0.05, 0.1) is 24.7 Å². The second kappa shape index (κ2) is 10.0. The molecule has 2 aromatic heterocycles. The number of nitrogens with zero attached hydrogens (tertiary/aromatic N) is 5. The molecule has 5 rings (SSSR count). The molecule has 196 valence electrons. The lowest BCUT2D eigenvalue weighted by molar-refractivity contribution is -0.209. The van der Waals surface area contributed by atoms with Crippen molar-refractivity contribution in [2.45, 2.75) is 42.8 Å². The summed E-state index contributed by atoms with van der Waals surface area (Å²) in [6.45, 7) is -0.576. The number of halogens is 4. The van der Waals surface area contributed by atoms with E-state index in [-0.39, 0.29) is 11.3 Å². The molecule has 0 radical (unpaired) electrons. The monoisotopic (exact) mass is 537 g/mol. The fraction of sp³-hybridized carbons (Fsp3) is 0.375. The largest absolute Gasteiger partial charge is 0.394 e. The molecule has 3 heterocycles. The summed E-state index contributed by atoms with van der Waals surface area (Å²) in [6.07, 6.45) is -5.07. The van der Waals surface area contributed by atoms with Crippen molar-refractivity contribution in [3.63, 3.8) is 0 Å². The summed E-state index contributed by atoms with van der Waals surface area (Å²) >= 11 is 6.16.